The average molecular weight is 440 g/mol. The molecule has 0 atom stereocenters. The predicted octanol–water partition coefficient (Wildman–Crippen LogP) is 1.33. The van der Waals surface area contributed by atoms with E-state index in [1.807, 2.05) is 32.6 Å². The van der Waals surface area contributed by atoms with Gasteiger partial charge in [-0.2, -0.15) is 5.10 Å². The quantitative estimate of drug-likeness (QED) is 0.614. The third-order valence-corrected chi connectivity index (χ3v) is 6.35. The molecule has 3 aromatic rings. The zero-order chi connectivity index (χ0) is 23.0. The summed E-state index contributed by atoms with van der Waals surface area (Å²) in [5, 5.41) is 8.27. The molecule has 0 bridgehead atoms. The van der Waals surface area contributed by atoms with Crippen LogP contribution < -0.4 is 5.73 Å². The van der Waals surface area contributed by atoms with E-state index in [2.05, 4.69) is 20.1 Å². The highest BCUT2D eigenvalue weighted by Crippen LogP contribution is 2.20. The summed E-state index contributed by atoms with van der Waals surface area (Å²) in [5.41, 5.74) is 10.9. The standard InChI is InChI=1S/C22H29N7O3/c1-13-17(15(3)29-22(25-13)18(11-24-29)21(23)31)5-6-20(30)28-9-7-27(8-10-28)12-19-14(2)26-32-16(19)4/h11H,5-10,12H2,1-4H3,(H2,23,31). The van der Waals surface area contributed by atoms with E-state index >= 15 is 0 Å². The van der Waals surface area contributed by atoms with Gasteiger partial charge in [-0.15, -0.1) is 0 Å². The summed E-state index contributed by atoms with van der Waals surface area (Å²) in [6.45, 7) is 11.6. The Balaban J connectivity index is 1.36. The van der Waals surface area contributed by atoms with Crippen molar-refractivity contribution in [3.8, 4) is 0 Å². The minimum absolute atomic E-state index is 0.138. The highest BCUT2D eigenvalue weighted by atomic mass is 16.5. The Morgan fingerprint density at radius 2 is 1.78 bits per heavy atom. The molecular weight excluding hydrogens is 410 g/mol. The van der Waals surface area contributed by atoms with Gasteiger partial charge in [0.1, 0.15) is 11.3 Å². The van der Waals surface area contributed by atoms with Crippen molar-refractivity contribution in [1.29, 1.82) is 0 Å². The molecule has 10 heteroatoms. The van der Waals surface area contributed by atoms with Gasteiger partial charge in [-0.3, -0.25) is 14.5 Å². The van der Waals surface area contributed by atoms with Gasteiger partial charge in [-0.1, -0.05) is 5.16 Å². The van der Waals surface area contributed by atoms with Gasteiger partial charge in [-0.25, -0.2) is 9.50 Å². The van der Waals surface area contributed by atoms with E-state index in [-0.39, 0.29) is 5.91 Å². The molecule has 4 heterocycles. The molecule has 170 valence electrons. The first-order valence-electron chi connectivity index (χ1n) is 10.8. The SMILES string of the molecule is Cc1noc(C)c1CN1CCN(C(=O)CCc2c(C)nc3c(C(N)=O)cnn3c2C)CC1. The van der Waals surface area contributed by atoms with E-state index in [1.54, 1.807) is 4.52 Å². The van der Waals surface area contributed by atoms with Crippen molar-refractivity contribution >= 4 is 17.5 Å². The second kappa shape index (κ2) is 8.70. The lowest BCUT2D eigenvalue weighted by Crippen LogP contribution is -2.48. The van der Waals surface area contributed by atoms with Crippen LogP contribution in [-0.2, 0) is 17.8 Å². The second-order valence-electron chi connectivity index (χ2n) is 8.38. The maximum Gasteiger partial charge on any atom is 0.254 e. The number of fused-ring (bicyclic) bond motifs is 1. The van der Waals surface area contributed by atoms with E-state index < -0.39 is 5.91 Å². The van der Waals surface area contributed by atoms with Crippen molar-refractivity contribution in [2.45, 2.75) is 47.1 Å². The van der Waals surface area contributed by atoms with Crippen molar-refractivity contribution in [3.05, 3.63) is 45.7 Å². The summed E-state index contributed by atoms with van der Waals surface area (Å²) in [7, 11) is 0. The average Bonchev–Trinajstić information content (AvgIpc) is 3.32. The topological polar surface area (TPSA) is 123 Å². The fourth-order valence-corrected chi connectivity index (χ4v) is 4.34. The van der Waals surface area contributed by atoms with Crippen molar-refractivity contribution in [2.24, 2.45) is 5.73 Å². The minimum atomic E-state index is -0.553. The minimum Gasteiger partial charge on any atom is -0.365 e. The Morgan fingerprint density at radius 1 is 1.06 bits per heavy atom. The number of rotatable bonds is 6. The van der Waals surface area contributed by atoms with E-state index in [9.17, 15) is 9.59 Å². The normalized spacial score (nSPS) is 14.9. The van der Waals surface area contributed by atoms with Gasteiger partial charge in [0, 0.05) is 56.1 Å². The number of carbonyl (C=O) groups excluding carboxylic acids is 2. The molecule has 0 spiro atoms. The summed E-state index contributed by atoms with van der Waals surface area (Å²) < 4.78 is 6.88. The fraction of sp³-hybridized carbons (Fsp3) is 0.500. The molecular formula is C22H29N7O3. The van der Waals surface area contributed by atoms with Gasteiger partial charge in [-0.05, 0) is 39.7 Å². The highest BCUT2D eigenvalue weighted by molar-refractivity contribution is 5.98. The molecule has 0 saturated carbocycles. The molecule has 2 amide bonds. The molecule has 1 aliphatic heterocycles. The number of hydrogen-bond donors (Lipinski definition) is 1. The molecule has 0 aromatic carbocycles. The largest absolute Gasteiger partial charge is 0.365 e. The monoisotopic (exact) mass is 439 g/mol. The first-order chi connectivity index (χ1) is 15.3. The summed E-state index contributed by atoms with van der Waals surface area (Å²) in [6.07, 6.45) is 2.42. The van der Waals surface area contributed by atoms with Crippen molar-refractivity contribution in [2.75, 3.05) is 26.2 Å². The third-order valence-electron chi connectivity index (χ3n) is 6.35. The van der Waals surface area contributed by atoms with Crippen LogP contribution in [0.2, 0.25) is 0 Å². The number of primary amides is 1. The van der Waals surface area contributed by atoms with Gasteiger partial charge in [0.2, 0.25) is 5.91 Å². The predicted molar refractivity (Wildman–Crippen MR) is 117 cm³/mol. The van der Waals surface area contributed by atoms with Crippen LogP contribution in [0, 0.1) is 27.7 Å². The number of piperazine rings is 1. The first kappa shape index (κ1) is 21.9. The van der Waals surface area contributed by atoms with Crippen LogP contribution in [0.25, 0.3) is 5.65 Å². The van der Waals surface area contributed by atoms with E-state index in [0.29, 0.717) is 37.1 Å². The Labute approximate surface area is 186 Å². The van der Waals surface area contributed by atoms with Crippen molar-refractivity contribution < 1.29 is 14.1 Å². The molecule has 2 N–H and O–H groups in total. The van der Waals surface area contributed by atoms with Gasteiger partial charge in [0.25, 0.3) is 5.91 Å². The number of aromatic nitrogens is 4. The molecule has 32 heavy (non-hydrogen) atoms. The summed E-state index contributed by atoms with van der Waals surface area (Å²) in [6, 6.07) is 0. The number of nitrogens with zero attached hydrogens (tertiary/aromatic N) is 6. The van der Waals surface area contributed by atoms with Crippen LogP contribution in [0.15, 0.2) is 10.7 Å². The lowest BCUT2D eigenvalue weighted by molar-refractivity contribution is -0.133. The van der Waals surface area contributed by atoms with Crippen LogP contribution in [-0.4, -0.2) is 67.5 Å². The number of carbonyl (C=O) groups is 2. The third kappa shape index (κ3) is 4.10. The van der Waals surface area contributed by atoms with Crippen LogP contribution in [0.4, 0.5) is 0 Å². The van der Waals surface area contributed by atoms with E-state index in [0.717, 1.165) is 53.6 Å². The van der Waals surface area contributed by atoms with Gasteiger partial charge < -0.3 is 15.2 Å². The maximum atomic E-state index is 12.9. The van der Waals surface area contributed by atoms with E-state index in [4.69, 9.17) is 10.3 Å². The van der Waals surface area contributed by atoms with Crippen molar-refractivity contribution in [1.82, 2.24) is 29.6 Å². The summed E-state index contributed by atoms with van der Waals surface area (Å²) >= 11 is 0. The van der Waals surface area contributed by atoms with E-state index in [1.165, 1.54) is 6.20 Å². The molecule has 3 aromatic heterocycles. The molecule has 0 aliphatic carbocycles. The lowest BCUT2D eigenvalue weighted by Gasteiger charge is -2.34. The molecule has 10 nitrogen and oxygen atoms in total. The summed E-state index contributed by atoms with van der Waals surface area (Å²) in [5.74, 6) is 0.444. The van der Waals surface area contributed by atoms with Crippen LogP contribution in [0.5, 0.6) is 0 Å². The molecule has 0 radical (unpaired) electrons. The number of amides is 2. The first-order valence-corrected chi connectivity index (χ1v) is 10.8. The van der Waals surface area contributed by atoms with Crippen LogP contribution in [0.3, 0.4) is 0 Å². The lowest BCUT2D eigenvalue weighted by atomic mass is 10.1. The fourth-order valence-electron chi connectivity index (χ4n) is 4.34. The number of nitrogens with two attached hydrogens (primary N) is 1. The smallest absolute Gasteiger partial charge is 0.254 e. The highest BCUT2D eigenvalue weighted by Gasteiger charge is 2.24. The molecule has 1 saturated heterocycles. The maximum absolute atomic E-state index is 12.9. The number of aryl methyl sites for hydroxylation is 4. The summed E-state index contributed by atoms with van der Waals surface area (Å²) in [4.78, 5) is 33.2. The van der Waals surface area contributed by atoms with Crippen LogP contribution in [0.1, 0.15) is 50.7 Å². The Kier molecular flexibility index (Phi) is 5.96. The van der Waals surface area contributed by atoms with Gasteiger partial charge in [0.15, 0.2) is 5.65 Å². The molecule has 1 aliphatic rings. The van der Waals surface area contributed by atoms with Crippen LogP contribution >= 0.6 is 0 Å². The molecule has 1 fully saturated rings. The Hall–Kier alpha value is -3.27. The number of hydrogen-bond acceptors (Lipinski definition) is 7. The van der Waals surface area contributed by atoms with Crippen molar-refractivity contribution in [3.63, 3.8) is 0 Å². The Bertz CT molecular complexity index is 1150. The van der Waals surface area contributed by atoms with Gasteiger partial charge >= 0.3 is 0 Å². The Morgan fingerprint density at radius 3 is 2.41 bits per heavy atom. The van der Waals surface area contributed by atoms with Gasteiger partial charge in [0.05, 0.1) is 11.9 Å². The zero-order valence-electron chi connectivity index (χ0n) is 19.0. The zero-order valence-corrected chi connectivity index (χ0v) is 19.0. The molecule has 0 unspecified atom stereocenters. The second-order valence-corrected chi connectivity index (χ2v) is 8.38. The molecule has 4 rings (SSSR count).